The van der Waals surface area contributed by atoms with Gasteiger partial charge in [-0.1, -0.05) is 30.8 Å². The molecule has 1 heterocycles. The molecule has 1 aromatic rings. The highest BCUT2D eigenvalue weighted by molar-refractivity contribution is 7.99. The summed E-state index contributed by atoms with van der Waals surface area (Å²) in [6.07, 6.45) is 1.51. The third-order valence-corrected chi connectivity index (χ3v) is 2.45. The zero-order valence-corrected chi connectivity index (χ0v) is 8.52. The average Bonchev–Trinajstić information content (AvgIpc) is 2.64. The van der Waals surface area contributed by atoms with Crippen molar-refractivity contribution in [2.24, 2.45) is 0 Å². The molecule has 2 N–H and O–H groups in total. The topological polar surface area (TPSA) is 53.6 Å². The predicted octanol–water partition coefficient (Wildman–Crippen LogP) is 1.06. The van der Waals surface area contributed by atoms with Crippen LogP contribution in [0.3, 0.4) is 0 Å². The van der Waals surface area contributed by atoms with E-state index in [1.54, 1.807) is 11.8 Å². The molecule has 0 amide bonds. The monoisotopic (exact) mass is 198 g/mol. The van der Waals surface area contributed by atoms with Crippen molar-refractivity contribution in [2.45, 2.75) is 12.1 Å². The first-order valence-electron chi connectivity index (χ1n) is 4.18. The van der Waals surface area contributed by atoms with Crippen LogP contribution < -0.4 is 5.32 Å². The third-order valence-electron chi connectivity index (χ3n) is 1.43. The molecule has 72 valence electrons. The van der Waals surface area contributed by atoms with E-state index in [0.29, 0.717) is 0 Å². The lowest BCUT2D eigenvalue weighted by molar-refractivity contribution is 0.779. The Morgan fingerprint density at radius 2 is 2.62 bits per heavy atom. The molecule has 5 heteroatoms. The van der Waals surface area contributed by atoms with Crippen LogP contribution in [-0.4, -0.2) is 34.0 Å². The van der Waals surface area contributed by atoms with Gasteiger partial charge in [0.15, 0.2) is 5.16 Å². The quantitative estimate of drug-likeness (QED) is 0.530. The van der Waals surface area contributed by atoms with Crippen molar-refractivity contribution in [2.75, 3.05) is 18.8 Å². The van der Waals surface area contributed by atoms with E-state index < -0.39 is 0 Å². The minimum atomic E-state index is 0.845. The SMILES string of the molecule is C=C(CNCC)CSc1ncn[nH]1. The largest absolute Gasteiger partial charge is 0.313 e. The Kier molecular flexibility index (Phi) is 4.56. The lowest BCUT2D eigenvalue weighted by Gasteiger charge is -2.03. The summed E-state index contributed by atoms with van der Waals surface area (Å²) < 4.78 is 0. The molecule has 0 unspecified atom stereocenters. The third kappa shape index (κ3) is 4.10. The maximum atomic E-state index is 4.00. The van der Waals surface area contributed by atoms with Crippen LogP contribution in [0, 0.1) is 0 Å². The van der Waals surface area contributed by atoms with Gasteiger partial charge in [0.2, 0.25) is 0 Å². The minimum absolute atomic E-state index is 0.845. The zero-order valence-electron chi connectivity index (χ0n) is 7.71. The van der Waals surface area contributed by atoms with E-state index in [1.165, 1.54) is 11.9 Å². The van der Waals surface area contributed by atoms with Crippen molar-refractivity contribution < 1.29 is 0 Å². The zero-order chi connectivity index (χ0) is 9.52. The standard InChI is InChI=1S/C8H14N4S/c1-3-9-4-7(2)5-13-8-10-6-11-12-8/h6,9H,2-5H2,1H3,(H,10,11,12). The maximum absolute atomic E-state index is 4.00. The second kappa shape index (κ2) is 5.77. The fourth-order valence-electron chi connectivity index (χ4n) is 0.787. The second-order valence-electron chi connectivity index (χ2n) is 2.61. The average molecular weight is 198 g/mol. The molecule has 0 saturated carbocycles. The van der Waals surface area contributed by atoms with E-state index in [4.69, 9.17) is 0 Å². The highest BCUT2D eigenvalue weighted by Gasteiger charge is 1.98. The number of nitrogens with zero attached hydrogens (tertiary/aromatic N) is 2. The Bertz CT molecular complexity index is 245. The second-order valence-corrected chi connectivity index (χ2v) is 3.57. The molecule has 0 fully saturated rings. The number of hydrogen-bond acceptors (Lipinski definition) is 4. The number of hydrogen-bond donors (Lipinski definition) is 2. The molecule has 0 aliphatic rings. The first kappa shape index (κ1) is 10.3. The number of nitrogens with one attached hydrogen (secondary N) is 2. The summed E-state index contributed by atoms with van der Waals surface area (Å²) in [5.74, 6) is 0.877. The molecular weight excluding hydrogens is 184 g/mol. The van der Waals surface area contributed by atoms with E-state index in [9.17, 15) is 0 Å². The highest BCUT2D eigenvalue weighted by atomic mass is 32.2. The Morgan fingerprint density at radius 3 is 3.23 bits per heavy atom. The lowest BCUT2D eigenvalue weighted by atomic mass is 10.3. The lowest BCUT2D eigenvalue weighted by Crippen LogP contribution is -2.16. The molecular formula is C8H14N4S. The van der Waals surface area contributed by atoms with E-state index in [1.807, 2.05) is 0 Å². The van der Waals surface area contributed by atoms with Crippen LogP contribution >= 0.6 is 11.8 Å². The number of aromatic amines is 1. The Labute approximate surface area is 82.2 Å². The summed E-state index contributed by atoms with van der Waals surface area (Å²) in [6.45, 7) is 7.88. The Morgan fingerprint density at radius 1 is 1.77 bits per heavy atom. The molecule has 1 aromatic heterocycles. The molecule has 13 heavy (non-hydrogen) atoms. The normalized spacial score (nSPS) is 10.2. The van der Waals surface area contributed by atoms with Gasteiger partial charge in [0.05, 0.1) is 0 Å². The number of likely N-dealkylation sites (N-methyl/N-ethyl adjacent to an activating group) is 1. The summed E-state index contributed by atoms with van der Waals surface area (Å²) >= 11 is 1.62. The summed E-state index contributed by atoms with van der Waals surface area (Å²) in [6, 6.07) is 0. The minimum Gasteiger partial charge on any atom is -0.313 e. The number of H-pyrrole nitrogens is 1. The van der Waals surface area contributed by atoms with Crippen molar-refractivity contribution in [1.29, 1.82) is 0 Å². The van der Waals surface area contributed by atoms with Gasteiger partial charge in [-0.2, -0.15) is 5.10 Å². The molecule has 0 saturated heterocycles. The fourth-order valence-corrected chi connectivity index (χ4v) is 1.47. The van der Waals surface area contributed by atoms with E-state index >= 15 is 0 Å². The van der Waals surface area contributed by atoms with Crippen molar-refractivity contribution in [3.63, 3.8) is 0 Å². The first-order valence-corrected chi connectivity index (χ1v) is 5.17. The first-order chi connectivity index (χ1) is 6.33. The van der Waals surface area contributed by atoms with Crippen LogP contribution in [0.25, 0.3) is 0 Å². The molecule has 0 bridgehead atoms. The van der Waals surface area contributed by atoms with Gasteiger partial charge in [-0.05, 0) is 6.54 Å². The van der Waals surface area contributed by atoms with Crippen LogP contribution in [0.1, 0.15) is 6.92 Å². The van der Waals surface area contributed by atoms with Crippen molar-refractivity contribution in [3.05, 3.63) is 18.5 Å². The van der Waals surface area contributed by atoms with Crippen LogP contribution in [0.5, 0.6) is 0 Å². The number of thioether (sulfide) groups is 1. The molecule has 4 nitrogen and oxygen atoms in total. The summed E-state index contributed by atoms with van der Waals surface area (Å²) in [4.78, 5) is 4.00. The summed E-state index contributed by atoms with van der Waals surface area (Å²) in [7, 11) is 0. The van der Waals surface area contributed by atoms with Gasteiger partial charge < -0.3 is 5.32 Å². The van der Waals surface area contributed by atoms with Crippen molar-refractivity contribution in [3.8, 4) is 0 Å². The van der Waals surface area contributed by atoms with Gasteiger partial charge in [-0.3, -0.25) is 5.10 Å². The van der Waals surface area contributed by atoms with E-state index in [0.717, 1.165) is 24.0 Å². The van der Waals surface area contributed by atoms with Crippen LogP contribution in [0.2, 0.25) is 0 Å². The van der Waals surface area contributed by atoms with Crippen LogP contribution in [-0.2, 0) is 0 Å². The van der Waals surface area contributed by atoms with Crippen molar-refractivity contribution in [1.82, 2.24) is 20.5 Å². The predicted molar refractivity (Wildman–Crippen MR) is 54.8 cm³/mol. The molecule has 0 spiro atoms. The molecule has 0 atom stereocenters. The van der Waals surface area contributed by atoms with Gasteiger partial charge in [-0.25, -0.2) is 4.98 Å². The summed E-state index contributed by atoms with van der Waals surface area (Å²) in [5.41, 5.74) is 1.17. The molecule has 0 aliphatic carbocycles. The van der Waals surface area contributed by atoms with Gasteiger partial charge in [0, 0.05) is 12.3 Å². The molecule has 0 aliphatic heterocycles. The smallest absolute Gasteiger partial charge is 0.183 e. The van der Waals surface area contributed by atoms with Crippen LogP contribution in [0.15, 0.2) is 23.6 Å². The summed E-state index contributed by atoms with van der Waals surface area (Å²) in [5, 5.41) is 10.6. The molecule has 0 radical (unpaired) electrons. The van der Waals surface area contributed by atoms with Gasteiger partial charge in [0.1, 0.15) is 6.33 Å². The van der Waals surface area contributed by atoms with Gasteiger partial charge in [-0.15, -0.1) is 0 Å². The van der Waals surface area contributed by atoms with Crippen LogP contribution in [0.4, 0.5) is 0 Å². The number of aromatic nitrogens is 3. The molecule has 1 rings (SSSR count). The Hall–Kier alpha value is -0.810. The maximum Gasteiger partial charge on any atom is 0.183 e. The Balaban J connectivity index is 2.15. The molecule has 0 aromatic carbocycles. The fraction of sp³-hybridized carbons (Fsp3) is 0.500. The highest BCUT2D eigenvalue weighted by Crippen LogP contribution is 2.13. The van der Waals surface area contributed by atoms with E-state index in [2.05, 4.69) is 34.0 Å². The van der Waals surface area contributed by atoms with Gasteiger partial charge >= 0.3 is 0 Å². The number of rotatable bonds is 6. The van der Waals surface area contributed by atoms with E-state index in [-0.39, 0.29) is 0 Å². The van der Waals surface area contributed by atoms with Gasteiger partial charge in [0.25, 0.3) is 0 Å². The van der Waals surface area contributed by atoms with Crippen molar-refractivity contribution >= 4 is 11.8 Å².